The SMILES string of the molecule is CC(=O)OC[C@@H]1C[C@H]([C@H]2COC(C)(C)O2)N(Cc2ccccc2)O1. The van der Waals surface area contributed by atoms with Crippen molar-refractivity contribution in [1.29, 1.82) is 0 Å². The summed E-state index contributed by atoms with van der Waals surface area (Å²) >= 11 is 0. The molecule has 2 saturated heterocycles. The van der Waals surface area contributed by atoms with Crippen LogP contribution in [0, 0.1) is 0 Å². The summed E-state index contributed by atoms with van der Waals surface area (Å²) in [5.41, 5.74) is 1.16. The molecule has 0 saturated carbocycles. The quantitative estimate of drug-likeness (QED) is 0.770. The molecular weight excluding hydrogens is 310 g/mol. The molecule has 0 unspecified atom stereocenters. The van der Waals surface area contributed by atoms with Crippen molar-refractivity contribution in [3.05, 3.63) is 35.9 Å². The molecule has 2 fully saturated rings. The van der Waals surface area contributed by atoms with E-state index in [-0.39, 0.29) is 30.8 Å². The van der Waals surface area contributed by atoms with E-state index in [4.69, 9.17) is 19.0 Å². The first-order chi connectivity index (χ1) is 11.4. The van der Waals surface area contributed by atoms with Crippen LogP contribution in [0.4, 0.5) is 0 Å². The highest BCUT2D eigenvalue weighted by atomic mass is 16.8. The summed E-state index contributed by atoms with van der Waals surface area (Å²) in [6, 6.07) is 10.2. The summed E-state index contributed by atoms with van der Waals surface area (Å²) in [6.07, 6.45) is 0.519. The number of carbonyl (C=O) groups is 1. The highest BCUT2D eigenvalue weighted by molar-refractivity contribution is 5.65. The zero-order valence-corrected chi connectivity index (χ0v) is 14.4. The second-order valence-electron chi connectivity index (χ2n) is 6.76. The van der Waals surface area contributed by atoms with E-state index in [1.54, 1.807) is 0 Å². The van der Waals surface area contributed by atoms with Crippen LogP contribution in [0.1, 0.15) is 32.8 Å². The van der Waals surface area contributed by atoms with Crippen molar-refractivity contribution >= 4 is 5.97 Å². The van der Waals surface area contributed by atoms with Crippen LogP contribution in [0.25, 0.3) is 0 Å². The fourth-order valence-electron chi connectivity index (χ4n) is 3.17. The minimum absolute atomic E-state index is 0.0625. The summed E-state index contributed by atoms with van der Waals surface area (Å²) < 4.78 is 16.8. The summed E-state index contributed by atoms with van der Waals surface area (Å²) in [5, 5.41) is 1.94. The van der Waals surface area contributed by atoms with Gasteiger partial charge in [-0.2, -0.15) is 5.06 Å². The Morgan fingerprint density at radius 1 is 1.33 bits per heavy atom. The minimum atomic E-state index is -0.572. The lowest BCUT2D eigenvalue weighted by Gasteiger charge is -2.27. The van der Waals surface area contributed by atoms with Gasteiger partial charge in [0, 0.05) is 13.5 Å². The number of hydrogen-bond acceptors (Lipinski definition) is 6. The number of carbonyl (C=O) groups excluding carboxylic acids is 1. The van der Waals surface area contributed by atoms with Gasteiger partial charge >= 0.3 is 5.97 Å². The zero-order valence-electron chi connectivity index (χ0n) is 14.4. The maximum atomic E-state index is 11.1. The van der Waals surface area contributed by atoms with Gasteiger partial charge in [0.25, 0.3) is 0 Å². The van der Waals surface area contributed by atoms with Gasteiger partial charge in [0.05, 0.1) is 12.6 Å². The Bertz CT molecular complexity index is 562. The largest absolute Gasteiger partial charge is 0.463 e. The van der Waals surface area contributed by atoms with Gasteiger partial charge in [-0.3, -0.25) is 9.63 Å². The number of ether oxygens (including phenoxy) is 3. The fourth-order valence-corrected chi connectivity index (χ4v) is 3.17. The van der Waals surface area contributed by atoms with Gasteiger partial charge in [-0.05, 0) is 25.8 Å². The molecule has 0 amide bonds. The van der Waals surface area contributed by atoms with Crippen LogP contribution in [0.2, 0.25) is 0 Å². The van der Waals surface area contributed by atoms with Crippen LogP contribution in [0.15, 0.2) is 30.3 Å². The first-order valence-electron chi connectivity index (χ1n) is 8.35. The second kappa shape index (κ2) is 7.19. The molecule has 2 aliphatic heterocycles. The number of nitrogens with zero attached hydrogens (tertiary/aromatic N) is 1. The van der Waals surface area contributed by atoms with E-state index in [1.165, 1.54) is 6.92 Å². The molecule has 2 heterocycles. The van der Waals surface area contributed by atoms with Crippen LogP contribution >= 0.6 is 0 Å². The Balaban J connectivity index is 1.68. The summed E-state index contributed by atoms with van der Waals surface area (Å²) in [4.78, 5) is 17.1. The van der Waals surface area contributed by atoms with Crippen molar-refractivity contribution in [3.63, 3.8) is 0 Å². The van der Waals surface area contributed by atoms with E-state index >= 15 is 0 Å². The average molecular weight is 335 g/mol. The fraction of sp³-hybridized carbons (Fsp3) is 0.611. The topological polar surface area (TPSA) is 57.2 Å². The highest BCUT2D eigenvalue weighted by Gasteiger charge is 2.45. The van der Waals surface area contributed by atoms with E-state index in [2.05, 4.69) is 12.1 Å². The lowest BCUT2D eigenvalue weighted by Crippen LogP contribution is -2.40. The third-order valence-corrected chi connectivity index (χ3v) is 4.27. The Labute approximate surface area is 142 Å². The molecule has 6 nitrogen and oxygen atoms in total. The third-order valence-electron chi connectivity index (χ3n) is 4.27. The second-order valence-corrected chi connectivity index (χ2v) is 6.76. The summed E-state index contributed by atoms with van der Waals surface area (Å²) in [6.45, 7) is 6.69. The Morgan fingerprint density at radius 3 is 2.71 bits per heavy atom. The van der Waals surface area contributed by atoms with Gasteiger partial charge in [0.1, 0.15) is 18.8 Å². The van der Waals surface area contributed by atoms with Crippen LogP contribution in [-0.4, -0.2) is 48.3 Å². The number of hydrogen-bond donors (Lipinski definition) is 0. The monoisotopic (exact) mass is 335 g/mol. The van der Waals surface area contributed by atoms with Gasteiger partial charge in [0.2, 0.25) is 0 Å². The molecule has 0 radical (unpaired) electrons. The molecule has 0 spiro atoms. The molecule has 0 aromatic heterocycles. The standard InChI is InChI=1S/C18H25NO5/c1-13(20)21-11-15-9-16(17-12-22-18(2,3)23-17)19(24-15)10-14-7-5-4-6-8-14/h4-8,15-17H,9-12H2,1-3H3/t15-,16+,17+/m0/s1. The molecule has 3 rings (SSSR count). The molecule has 0 bridgehead atoms. The minimum Gasteiger partial charge on any atom is -0.463 e. The van der Waals surface area contributed by atoms with E-state index in [1.807, 2.05) is 37.1 Å². The Hall–Kier alpha value is -1.47. The summed E-state index contributed by atoms with van der Waals surface area (Å²) in [7, 11) is 0. The van der Waals surface area contributed by atoms with Gasteiger partial charge < -0.3 is 14.2 Å². The predicted molar refractivity (Wildman–Crippen MR) is 86.8 cm³/mol. The molecule has 132 valence electrons. The predicted octanol–water partition coefficient (Wildman–Crippen LogP) is 2.28. The Kier molecular flexibility index (Phi) is 5.20. The van der Waals surface area contributed by atoms with Crippen LogP contribution in [0.5, 0.6) is 0 Å². The number of hydroxylamine groups is 2. The average Bonchev–Trinajstić information content (AvgIpc) is 3.09. The third kappa shape index (κ3) is 4.33. The number of rotatable bonds is 5. The van der Waals surface area contributed by atoms with Crippen molar-refractivity contribution in [3.8, 4) is 0 Å². The Morgan fingerprint density at radius 2 is 2.08 bits per heavy atom. The lowest BCUT2D eigenvalue weighted by atomic mass is 10.0. The number of benzene rings is 1. The van der Waals surface area contributed by atoms with E-state index < -0.39 is 5.79 Å². The first kappa shape index (κ1) is 17.4. The maximum Gasteiger partial charge on any atom is 0.302 e. The van der Waals surface area contributed by atoms with Crippen LogP contribution < -0.4 is 0 Å². The smallest absolute Gasteiger partial charge is 0.302 e. The zero-order chi connectivity index (χ0) is 17.2. The van der Waals surface area contributed by atoms with Crippen molar-refractivity contribution in [1.82, 2.24) is 5.06 Å². The van der Waals surface area contributed by atoms with E-state index in [0.717, 1.165) is 12.0 Å². The molecule has 24 heavy (non-hydrogen) atoms. The van der Waals surface area contributed by atoms with Crippen molar-refractivity contribution in [2.75, 3.05) is 13.2 Å². The molecule has 2 aliphatic rings. The van der Waals surface area contributed by atoms with Crippen molar-refractivity contribution in [2.45, 2.75) is 57.8 Å². The van der Waals surface area contributed by atoms with Crippen LogP contribution in [-0.2, 0) is 30.4 Å². The van der Waals surface area contributed by atoms with Crippen molar-refractivity contribution < 1.29 is 23.8 Å². The highest BCUT2D eigenvalue weighted by Crippen LogP contribution is 2.33. The molecular formula is C18H25NO5. The molecule has 1 aromatic rings. The normalized spacial score (nSPS) is 29.7. The van der Waals surface area contributed by atoms with Gasteiger partial charge in [-0.1, -0.05) is 30.3 Å². The van der Waals surface area contributed by atoms with Crippen molar-refractivity contribution in [2.24, 2.45) is 0 Å². The molecule has 0 N–H and O–H groups in total. The van der Waals surface area contributed by atoms with E-state index in [0.29, 0.717) is 13.2 Å². The number of esters is 1. The molecule has 1 aromatic carbocycles. The first-order valence-corrected chi connectivity index (χ1v) is 8.35. The van der Waals surface area contributed by atoms with Gasteiger partial charge in [-0.15, -0.1) is 0 Å². The molecule has 0 aliphatic carbocycles. The van der Waals surface area contributed by atoms with E-state index in [9.17, 15) is 4.79 Å². The van der Waals surface area contributed by atoms with Gasteiger partial charge in [-0.25, -0.2) is 0 Å². The van der Waals surface area contributed by atoms with Gasteiger partial charge in [0.15, 0.2) is 5.79 Å². The molecule has 6 heteroatoms. The molecule has 3 atom stereocenters. The lowest BCUT2D eigenvalue weighted by molar-refractivity contribution is -0.203. The maximum absolute atomic E-state index is 11.1. The summed E-state index contributed by atoms with van der Waals surface area (Å²) in [5.74, 6) is -0.866. The van der Waals surface area contributed by atoms with Crippen LogP contribution in [0.3, 0.4) is 0 Å².